The maximum atomic E-state index is 6.38. The van der Waals surface area contributed by atoms with Crippen LogP contribution in [0.2, 0.25) is 0 Å². The van der Waals surface area contributed by atoms with E-state index in [1.807, 2.05) is 35.9 Å². The monoisotopic (exact) mass is 259 g/mol. The summed E-state index contributed by atoms with van der Waals surface area (Å²) < 4.78 is 1.83. The second-order valence-electron chi connectivity index (χ2n) is 4.85. The maximum absolute atomic E-state index is 6.38. The number of nitrogens with zero attached hydrogens (tertiary/aromatic N) is 2. The van der Waals surface area contributed by atoms with Crippen molar-refractivity contribution >= 4 is 11.8 Å². The zero-order chi connectivity index (χ0) is 12.5. The molecule has 18 heavy (non-hydrogen) atoms. The summed E-state index contributed by atoms with van der Waals surface area (Å²) in [4.78, 5) is 1.39. The standard InChI is InChI=1S/C14H17N3S/c1-17-8-10(7-16-17)6-13(15)12-9-18-14-5-3-2-4-11(12)14/h2-5,7-8,12-13H,6,9,15H2,1H3. The molecule has 0 saturated heterocycles. The van der Waals surface area contributed by atoms with E-state index in [2.05, 4.69) is 29.4 Å². The first-order valence-corrected chi connectivity index (χ1v) is 7.17. The van der Waals surface area contributed by atoms with Crippen LogP contribution in [0.1, 0.15) is 17.0 Å². The minimum absolute atomic E-state index is 0.172. The van der Waals surface area contributed by atoms with Gasteiger partial charge < -0.3 is 5.73 Å². The third kappa shape index (κ3) is 2.18. The van der Waals surface area contributed by atoms with Crippen LogP contribution < -0.4 is 5.73 Å². The fraction of sp³-hybridized carbons (Fsp3) is 0.357. The molecule has 0 saturated carbocycles. The molecule has 0 aliphatic carbocycles. The predicted octanol–water partition coefficient (Wildman–Crippen LogP) is 2.18. The fourth-order valence-corrected chi connectivity index (χ4v) is 3.88. The van der Waals surface area contributed by atoms with Crippen LogP contribution in [0.25, 0.3) is 0 Å². The van der Waals surface area contributed by atoms with Gasteiger partial charge in [0.05, 0.1) is 6.20 Å². The number of aromatic nitrogens is 2. The van der Waals surface area contributed by atoms with Gasteiger partial charge >= 0.3 is 0 Å². The van der Waals surface area contributed by atoms with Crippen LogP contribution in [0, 0.1) is 0 Å². The molecule has 1 aliphatic rings. The number of rotatable bonds is 3. The Labute approximate surface area is 111 Å². The Balaban J connectivity index is 1.76. The molecule has 2 unspecified atom stereocenters. The summed E-state index contributed by atoms with van der Waals surface area (Å²) in [5, 5.41) is 4.20. The Bertz CT molecular complexity index is 549. The van der Waals surface area contributed by atoms with Crippen LogP contribution in [0.5, 0.6) is 0 Å². The molecule has 0 spiro atoms. The highest BCUT2D eigenvalue weighted by molar-refractivity contribution is 7.99. The second kappa shape index (κ2) is 4.78. The van der Waals surface area contributed by atoms with E-state index in [1.54, 1.807) is 0 Å². The molecule has 2 aromatic rings. The van der Waals surface area contributed by atoms with Crippen molar-refractivity contribution in [3.05, 3.63) is 47.8 Å². The summed E-state index contributed by atoms with van der Waals surface area (Å²) in [6, 6.07) is 8.78. The van der Waals surface area contributed by atoms with Crippen LogP contribution in [0.3, 0.4) is 0 Å². The van der Waals surface area contributed by atoms with Crippen molar-refractivity contribution in [3.8, 4) is 0 Å². The number of nitrogens with two attached hydrogens (primary N) is 1. The van der Waals surface area contributed by atoms with Crippen molar-refractivity contribution in [2.45, 2.75) is 23.3 Å². The smallest absolute Gasteiger partial charge is 0.0522 e. The van der Waals surface area contributed by atoms with Gasteiger partial charge in [0.2, 0.25) is 0 Å². The van der Waals surface area contributed by atoms with Crippen LogP contribution >= 0.6 is 11.8 Å². The topological polar surface area (TPSA) is 43.8 Å². The first kappa shape index (κ1) is 11.8. The van der Waals surface area contributed by atoms with Crippen molar-refractivity contribution in [3.63, 3.8) is 0 Å². The molecule has 3 rings (SSSR count). The molecule has 1 aromatic heterocycles. The fourth-order valence-electron chi connectivity index (χ4n) is 2.53. The van der Waals surface area contributed by atoms with Crippen LogP contribution in [0.4, 0.5) is 0 Å². The van der Waals surface area contributed by atoms with Gasteiger partial charge in [-0.1, -0.05) is 18.2 Å². The molecule has 4 heteroatoms. The molecular formula is C14H17N3S. The van der Waals surface area contributed by atoms with E-state index in [0.717, 1.165) is 12.2 Å². The highest BCUT2D eigenvalue weighted by Crippen LogP contribution is 2.41. The summed E-state index contributed by atoms with van der Waals surface area (Å²) in [5.74, 6) is 1.56. The third-order valence-corrected chi connectivity index (χ3v) is 4.69. The Kier molecular flexibility index (Phi) is 3.14. The van der Waals surface area contributed by atoms with Crippen molar-refractivity contribution < 1.29 is 0 Å². The van der Waals surface area contributed by atoms with Gasteiger partial charge in [-0.15, -0.1) is 11.8 Å². The molecule has 2 N–H and O–H groups in total. The largest absolute Gasteiger partial charge is 0.327 e. The molecular weight excluding hydrogens is 242 g/mol. The van der Waals surface area contributed by atoms with Crippen molar-refractivity contribution in [1.29, 1.82) is 0 Å². The Morgan fingerprint density at radius 2 is 2.33 bits per heavy atom. The Morgan fingerprint density at radius 3 is 3.11 bits per heavy atom. The lowest BCUT2D eigenvalue weighted by molar-refractivity contribution is 0.571. The van der Waals surface area contributed by atoms with E-state index < -0.39 is 0 Å². The van der Waals surface area contributed by atoms with Crippen LogP contribution in [-0.2, 0) is 13.5 Å². The predicted molar refractivity (Wildman–Crippen MR) is 74.8 cm³/mol. The number of benzene rings is 1. The minimum atomic E-state index is 0.172. The maximum Gasteiger partial charge on any atom is 0.0522 e. The van der Waals surface area contributed by atoms with E-state index in [1.165, 1.54) is 16.0 Å². The normalized spacial score (nSPS) is 19.8. The van der Waals surface area contributed by atoms with Crippen LogP contribution in [0.15, 0.2) is 41.6 Å². The number of thioether (sulfide) groups is 1. The van der Waals surface area contributed by atoms with Gasteiger partial charge in [0.15, 0.2) is 0 Å². The third-order valence-electron chi connectivity index (χ3n) is 3.48. The summed E-state index contributed by atoms with van der Waals surface area (Å²) in [5.41, 5.74) is 9.02. The number of fused-ring (bicyclic) bond motifs is 1. The molecule has 0 amide bonds. The molecule has 94 valence electrons. The Morgan fingerprint density at radius 1 is 1.50 bits per heavy atom. The first-order valence-electron chi connectivity index (χ1n) is 6.19. The van der Waals surface area contributed by atoms with Crippen molar-refractivity contribution in [2.24, 2.45) is 12.8 Å². The van der Waals surface area contributed by atoms with Crippen molar-refractivity contribution in [2.75, 3.05) is 5.75 Å². The molecule has 1 aromatic carbocycles. The van der Waals surface area contributed by atoms with E-state index in [4.69, 9.17) is 5.73 Å². The van der Waals surface area contributed by atoms with Gasteiger partial charge in [0, 0.05) is 35.9 Å². The van der Waals surface area contributed by atoms with Gasteiger partial charge in [-0.25, -0.2) is 0 Å². The molecule has 2 atom stereocenters. The summed E-state index contributed by atoms with van der Waals surface area (Å²) in [7, 11) is 1.94. The van der Waals surface area contributed by atoms with Crippen molar-refractivity contribution in [1.82, 2.24) is 9.78 Å². The lowest BCUT2D eigenvalue weighted by Crippen LogP contribution is -2.30. The van der Waals surface area contributed by atoms with Gasteiger partial charge in [-0.05, 0) is 23.6 Å². The lowest BCUT2D eigenvalue weighted by atomic mass is 9.90. The molecule has 0 bridgehead atoms. The van der Waals surface area contributed by atoms with Gasteiger partial charge in [-0.3, -0.25) is 4.68 Å². The molecule has 0 fully saturated rings. The highest BCUT2D eigenvalue weighted by Gasteiger charge is 2.28. The van der Waals surface area contributed by atoms with E-state index in [9.17, 15) is 0 Å². The van der Waals surface area contributed by atoms with E-state index in [-0.39, 0.29) is 6.04 Å². The highest BCUT2D eigenvalue weighted by atomic mass is 32.2. The van der Waals surface area contributed by atoms with E-state index >= 15 is 0 Å². The van der Waals surface area contributed by atoms with Crippen LogP contribution in [-0.4, -0.2) is 21.6 Å². The first-order chi connectivity index (χ1) is 8.74. The summed E-state index contributed by atoms with van der Waals surface area (Å²) >= 11 is 1.92. The SMILES string of the molecule is Cn1cc(CC(N)C2CSc3ccccc32)cn1. The summed E-state index contributed by atoms with van der Waals surface area (Å²) in [6.45, 7) is 0. The average Bonchev–Trinajstić information content (AvgIpc) is 2.95. The second-order valence-corrected chi connectivity index (χ2v) is 5.91. The zero-order valence-corrected chi connectivity index (χ0v) is 11.2. The molecule has 1 aliphatic heterocycles. The molecule has 2 heterocycles. The lowest BCUT2D eigenvalue weighted by Gasteiger charge is -2.18. The summed E-state index contributed by atoms with van der Waals surface area (Å²) in [6.07, 6.45) is 4.86. The Hall–Kier alpha value is -1.26. The van der Waals surface area contributed by atoms with Gasteiger partial charge in [-0.2, -0.15) is 5.10 Å². The zero-order valence-electron chi connectivity index (χ0n) is 10.4. The number of hydrogen-bond acceptors (Lipinski definition) is 3. The van der Waals surface area contributed by atoms with Gasteiger partial charge in [0.1, 0.15) is 0 Å². The number of hydrogen-bond donors (Lipinski definition) is 1. The molecule has 3 nitrogen and oxygen atoms in total. The quantitative estimate of drug-likeness (QED) is 0.919. The van der Waals surface area contributed by atoms with Gasteiger partial charge in [0.25, 0.3) is 0 Å². The molecule has 0 radical (unpaired) electrons. The van der Waals surface area contributed by atoms with E-state index in [0.29, 0.717) is 5.92 Å². The average molecular weight is 259 g/mol. The minimum Gasteiger partial charge on any atom is -0.327 e. The number of aryl methyl sites for hydroxylation is 1.